The number of carbonyl (C=O) groups excluding carboxylic acids is 1. The lowest BCUT2D eigenvalue weighted by atomic mass is 9.77. The van der Waals surface area contributed by atoms with Crippen molar-refractivity contribution >= 4 is 5.78 Å². The van der Waals surface area contributed by atoms with Gasteiger partial charge in [-0.05, 0) is 32.1 Å². The van der Waals surface area contributed by atoms with Crippen molar-refractivity contribution in [1.82, 2.24) is 0 Å². The van der Waals surface area contributed by atoms with Crippen LogP contribution in [0.2, 0.25) is 0 Å². The second-order valence-corrected chi connectivity index (χ2v) is 4.58. The number of Topliss-reactive ketones (excluding diaryl/α,β-unsaturated/α-hetero) is 1. The predicted octanol–water partition coefficient (Wildman–Crippen LogP) is 3.47. The zero-order valence-electron chi connectivity index (χ0n) is 9.76. The van der Waals surface area contributed by atoms with Crippen molar-refractivity contribution < 1.29 is 18.0 Å². The average molecular weight is 247 g/mol. The Morgan fingerprint density at radius 1 is 1.35 bits per heavy atom. The molecule has 0 amide bonds. The molecule has 0 aliphatic heterocycles. The van der Waals surface area contributed by atoms with Gasteiger partial charge < -0.3 is 0 Å². The highest BCUT2D eigenvalue weighted by Gasteiger charge is 2.42. The molecule has 1 rings (SSSR count). The predicted molar refractivity (Wildman–Crippen MR) is 55.9 cm³/mol. The number of carbonyl (C=O) groups is 1. The van der Waals surface area contributed by atoms with Gasteiger partial charge in [-0.25, -0.2) is 0 Å². The third-order valence-electron chi connectivity index (χ3n) is 3.50. The third-order valence-corrected chi connectivity index (χ3v) is 3.50. The molecule has 0 aromatic heterocycles. The number of nitrogens with zero attached hydrogens (tertiary/aromatic N) is 1. The van der Waals surface area contributed by atoms with Gasteiger partial charge in [-0.1, -0.05) is 6.92 Å². The third kappa shape index (κ3) is 3.45. The molecule has 1 aliphatic rings. The Bertz CT molecular complexity index is 311. The van der Waals surface area contributed by atoms with E-state index in [0.717, 1.165) is 0 Å². The highest BCUT2D eigenvalue weighted by molar-refractivity contribution is 5.85. The molecule has 1 unspecified atom stereocenters. The van der Waals surface area contributed by atoms with Crippen LogP contribution in [0.25, 0.3) is 0 Å². The van der Waals surface area contributed by atoms with Crippen molar-refractivity contribution in [1.29, 1.82) is 5.26 Å². The minimum atomic E-state index is -4.15. The summed E-state index contributed by atoms with van der Waals surface area (Å²) in [5.74, 6) is -2.44. The van der Waals surface area contributed by atoms with Crippen molar-refractivity contribution in [2.75, 3.05) is 0 Å². The first-order valence-electron chi connectivity index (χ1n) is 5.90. The molecule has 5 heteroatoms. The van der Waals surface area contributed by atoms with Crippen molar-refractivity contribution in [3.8, 4) is 6.07 Å². The Kier molecular flexibility index (Phi) is 4.55. The van der Waals surface area contributed by atoms with Crippen molar-refractivity contribution in [3.63, 3.8) is 0 Å². The number of ketones is 1. The van der Waals surface area contributed by atoms with Gasteiger partial charge in [0.25, 0.3) is 0 Å². The number of hydrogen-bond acceptors (Lipinski definition) is 2. The maximum atomic E-state index is 12.4. The van der Waals surface area contributed by atoms with Gasteiger partial charge in [0.15, 0.2) is 5.78 Å². The van der Waals surface area contributed by atoms with Crippen LogP contribution in [0, 0.1) is 29.1 Å². The first-order valence-corrected chi connectivity index (χ1v) is 5.90. The number of hydrogen-bond donors (Lipinski definition) is 0. The summed E-state index contributed by atoms with van der Waals surface area (Å²) in [6.45, 7) is 1.74. The lowest BCUT2D eigenvalue weighted by molar-refractivity contribution is -0.184. The number of alkyl halides is 3. The van der Waals surface area contributed by atoms with Gasteiger partial charge in [0.05, 0.1) is 12.0 Å². The number of rotatable bonds is 3. The topological polar surface area (TPSA) is 40.9 Å². The molecule has 0 bridgehead atoms. The van der Waals surface area contributed by atoms with E-state index in [2.05, 4.69) is 0 Å². The lowest BCUT2D eigenvalue weighted by Crippen LogP contribution is -2.32. The van der Waals surface area contributed by atoms with Crippen LogP contribution in [0.4, 0.5) is 13.2 Å². The zero-order chi connectivity index (χ0) is 13.1. The molecule has 0 aromatic rings. The van der Waals surface area contributed by atoms with E-state index < -0.39 is 18.0 Å². The summed E-state index contributed by atoms with van der Waals surface area (Å²) in [6.07, 6.45) is -3.14. The van der Waals surface area contributed by atoms with Gasteiger partial charge >= 0.3 is 6.18 Å². The molecule has 0 N–H and O–H groups in total. The summed E-state index contributed by atoms with van der Waals surface area (Å²) in [6, 6.07) is 1.92. The standard InChI is InChI=1S/C12H16F3NO/c1-2-8(7-16)11(17)9-3-5-10(6-4-9)12(13,14)15/h8-10H,2-6H2,1H3. The molecular formula is C12H16F3NO. The van der Waals surface area contributed by atoms with Crippen LogP contribution in [0.5, 0.6) is 0 Å². The van der Waals surface area contributed by atoms with Crippen LogP contribution in [-0.4, -0.2) is 12.0 Å². The van der Waals surface area contributed by atoms with Crippen molar-refractivity contribution in [3.05, 3.63) is 0 Å². The monoisotopic (exact) mass is 247 g/mol. The van der Waals surface area contributed by atoms with Crippen LogP contribution in [-0.2, 0) is 4.79 Å². The molecule has 2 nitrogen and oxygen atoms in total. The zero-order valence-corrected chi connectivity index (χ0v) is 9.76. The first-order chi connectivity index (χ1) is 7.90. The van der Waals surface area contributed by atoms with Crippen molar-refractivity contribution in [2.24, 2.45) is 17.8 Å². The van der Waals surface area contributed by atoms with Crippen LogP contribution >= 0.6 is 0 Å². The highest BCUT2D eigenvalue weighted by Crippen LogP contribution is 2.40. The van der Waals surface area contributed by atoms with Crippen LogP contribution in [0.3, 0.4) is 0 Å². The summed E-state index contributed by atoms with van der Waals surface area (Å²) < 4.78 is 37.3. The second kappa shape index (κ2) is 5.52. The van der Waals surface area contributed by atoms with E-state index >= 15 is 0 Å². The van der Waals surface area contributed by atoms with E-state index in [0.29, 0.717) is 6.42 Å². The smallest absolute Gasteiger partial charge is 0.298 e. The Morgan fingerprint density at radius 2 is 1.88 bits per heavy atom. The molecular weight excluding hydrogens is 231 g/mol. The maximum absolute atomic E-state index is 12.4. The van der Waals surface area contributed by atoms with Gasteiger partial charge in [-0.15, -0.1) is 0 Å². The van der Waals surface area contributed by atoms with E-state index in [1.165, 1.54) is 0 Å². The molecule has 0 spiro atoms. The molecule has 0 heterocycles. The molecule has 0 saturated heterocycles. The normalized spacial score (nSPS) is 27.2. The van der Waals surface area contributed by atoms with Gasteiger partial charge in [-0.3, -0.25) is 4.79 Å². The Balaban J connectivity index is 2.53. The quantitative estimate of drug-likeness (QED) is 0.766. The minimum Gasteiger partial charge on any atom is -0.298 e. The Morgan fingerprint density at radius 3 is 2.24 bits per heavy atom. The van der Waals surface area contributed by atoms with Gasteiger partial charge in [0.1, 0.15) is 5.92 Å². The maximum Gasteiger partial charge on any atom is 0.391 e. The van der Waals surface area contributed by atoms with E-state index in [1.807, 2.05) is 6.07 Å². The van der Waals surface area contributed by atoms with E-state index in [1.54, 1.807) is 6.92 Å². The lowest BCUT2D eigenvalue weighted by Gasteiger charge is -2.29. The molecule has 1 aliphatic carbocycles. The Labute approximate surface area is 98.8 Å². The summed E-state index contributed by atoms with van der Waals surface area (Å²) in [4.78, 5) is 11.8. The van der Waals surface area contributed by atoms with Crippen LogP contribution in [0.15, 0.2) is 0 Å². The Hall–Kier alpha value is -1.05. The van der Waals surface area contributed by atoms with Crippen LogP contribution < -0.4 is 0 Å². The highest BCUT2D eigenvalue weighted by atomic mass is 19.4. The van der Waals surface area contributed by atoms with E-state index in [-0.39, 0.29) is 37.4 Å². The molecule has 1 fully saturated rings. The number of nitriles is 1. The molecule has 96 valence electrons. The average Bonchev–Trinajstić information content (AvgIpc) is 2.29. The SMILES string of the molecule is CCC(C#N)C(=O)C1CCC(C(F)(F)F)CC1. The molecule has 1 atom stereocenters. The molecule has 1 saturated carbocycles. The van der Waals surface area contributed by atoms with Gasteiger partial charge in [-0.2, -0.15) is 18.4 Å². The van der Waals surface area contributed by atoms with E-state index in [4.69, 9.17) is 5.26 Å². The largest absolute Gasteiger partial charge is 0.391 e. The molecule has 0 radical (unpaired) electrons. The summed E-state index contributed by atoms with van der Waals surface area (Å²) in [5, 5.41) is 8.76. The fourth-order valence-electron chi connectivity index (χ4n) is 2.35. The summed E-state index contributed by atoms with van der Waals surface area (Å²) in [7, 11) is 0. The summed E-state index contributed by atoms with van der Waals surface area (Å²) >= 11 is 0. The van der Waals surface area contributed by atoms with Crippen molar-refractivity contribution in [2.45, 2.75) is 45.2 Å². The summed E-state index contributed by atoms with van der Waals surface area (Å²) in [5.41, 5.74) is 0. The fourth-order valence-corrected chi connectivity index (χ4v) is 2.35. The van der Waals surface area contributed by atoms with E-state index in [9.17, 15) is 18.0 Å². The number of halogens is 3. The van der Waals surface area contributed by atoms with Gasteiger partial charge in [0, 0.05) is 5.92 Å². The van der Waals surface area contributed by atoms with Gasteiger partial charge in [0.2, 0.25) is 0 Å². The minimum absolute atomic E-state index is 0.0156. The fraction of sp³-hybridized carbons (Fsp3) is 0.833. The first kappa shape index (κ1) is 14.0. The molecule has 17 heavy (non-hydrogen) atoms. The second-order valence-electron chi connectivity index (χ2n) is 4.58. The molecule has 0 aromatic carbocycles. The van der Waals surface area contributed by atoms with Crippen LogP contribution in [0.1, 0.15) is 39.0 Å².